The number of carboxylic acids is 1. The van der Waals surface area contributed by atoms with Crippen LogP contribution >= 0.6 is 0 Å². The molecule has 3 aliphatic rings. The van der Waals surface area contributed by atoms with Gasteiger partial charge in [-0.05, 0) is 48.1 Å². The van der Waals surface area contributed by atoms with E-state index in [9.17, 15) is 18.3 Å². The monoisotopic (exact) mass is 453 g/mol. The molecule has 1 fully saturated rings. The minimum Gasteiger partial charge on any atom is -0.545 e. The van der Waals surface area contributed by atoms with E-state index in [-0.39, 0.29) is 28.3 Å². The third-order valence-electron chi connectivity index (χ3n) is 6.86. The van der Waals surface area contributed by atoms with E-state index >= 15 is 0 Å². The van der Waals surface area contributed by atoms with Crippen molar-refractivity contribution in [2.45, 2.75) is 30.2 Å². The van der Waals surface area contributed by atoms with Crippen molar-refractivity contribution in [2.75, 3.05) is 31.6 Å². The van der Waals surface area contributed by atoms with Gasteiger partial charge in [0, 0.05) is 30.3 Å². The molecule has 0 amide bonds. The maximum Gasteiger partial charge on any atom is 0.243 e. The Balaban J connectivity index is 1.48. The molecule has 32 heavy (non-hydrogen) atoms. The average molecular weight is 454 g/mol. The molecular formula is C24H25N2O5S-. The topological polar surface area (TPSA) is 98.8 Å². The fourth-order valence-corrected chi connectivity index (χ4v) is 6.56. The molecule has 2 aliphatic heterocycles. The van der Waals surface area contributed by atoms with Crippen molar-refractivity contribution >= 4 is 21.7 Å². The highest BCUT2D eigenvalue weighted by atomic mass is 32.2. The van der Waals surface area contributed by atoms with E-state index in [1.165, 1.54) is 4.31 Å². The molecule has 5 rings (SSSR count). The highest BCUT2D eigenvalue weighted by Gasteiger charge is 2.39. The van der Waals surface area contributed by atoms with Gasteiger partial charge in [0.15, 0.2) is 0 Å². The van der Waals surface area contributed by atoms with E-state index in [0.29, 0.717) is 31.9 Å². The maximum atomic E-state index is 13.0. The standard InChI is InChI=1S/C24H26N2O5S/c1-15-18(24(27)28)9-10-21-19-3-2-4-20(19)23(25-22(15)21)16-5-7-17(8-6-16)32(29,30)26-11-13-31-14-12-26/h2-3,5-10,19-20,23,25H,4,11-14H2,1H3,(H,27,28)/p-1/t19-,20-,23+/m0/s1. The van der Waals surface area contributed by atoms with Gasteiger partial charge in [-0.3, -0.25) is 0 Å². The van der Waals surface area contributed by atoms with Crippen LogP contribution < -0.4 is 10.4 Å². The van der Waals surface area contributed by atoms with Crippen LogP contribution in [0.5, 0.6) is 0 Å². The van der Waals surface area contributed by atoms with Crippen LogP contribution in [0.1, 0.15) is 45.4 Å². The van der Waals surface area contributed by atoms with Gasteiger partial charge < -0.3 is 20.0 Å². The van der Waals surface area contributed by atoms with Gasteiger partial charge in [0.05, 0.1) is 30.1 Å². The predicted octanol–water partition coefficient (Wildman–Crippen LogP) is 2.21. The van der Waals surface area contributed by atoms with Crippen molar-refractivity contribution in [1.29, 1.82) is 0 Å². The lowest BCUT2D eigenvalue weighted by Crippen LogP contribution is -2.40. The van der Waals surface area contributed by atoms with Crippen molar-refractivity contribution in [3.63, 3.8) is 0 Å². The van der Waals surface area contributed by atoms with Gasteiger partial charge in [-0.25, -0.2) is 8.42 Å². The zero-order valence-corrected chi connectivity index (χ0v) is 18.6. The van der Waals surface area contributed by atoms with Crippen LogP contribution in [0.25, 0.3) is 0 Å². The second kappa shape index (κ2) is 8.03. The summed E-state index contributed by atoms with van der Waals surface area (Å²) in [5.41, 5.74) is 3.75. The molecule has 8 heteroatoms. The largest absolute Gasteiger partial charge is 0.545 e. The van der Waals surface area contributed by atoms with Gasteiger partial charge in [0.25, 0.3) is 0 Å². The molecule has 7 nitrogen and oxygen atoms in total. The minimum atomic E-state index is -3.55. The van der Waals surface area contributed by atoms with Crippen molar-refractivity contribution in [2.24, 2.45) is 5.92 Å². The van der Waals surface area contributed by atoms with Gasteiger partial charge in [0.1, 0.15) is 0 Å². The first kappa shape index (κ1) is 21.2. The number of nitrogens with one attached hydrogen (secondary N) is 1. The number of nitrogens with zero attached hydrogens (tertiary/aromatic N) is 1. The molecule has 0 unspecified atom stereocenters. The van der Waals surface area contributed by atoms with Crippen molar-refractivity contribution in [3.05, 3.63) is 70.8 Å². The Morgan fingerprint density at radius 3 is 2.53 bits per heavy atom. The number of hydrogen-bond acceptors (Lipinski definition) is 6. The number of rotatable bonds is 4. The van der Waals surface area contributed by atoms with E-state index in [1.54, 1.807) is 25.1 Å². The van der Waals surface area contributed by atoms with Crippen molar-refractivity contribution in [1.82, 2.24) is 4.31 Å². The third kappa shape index (κ3) is 3.43. The van der Waals surface area contributed by atoms with Crippen molar-refractivity contribution < 1.29 is 23.1 Å². The van der Waals surface area contributed by atoms with Gasteiger partial charge in [-0.15, -0.1) is 0 Å². The molecule has 0 saturated carbocycles. The quantitative estimate of drug-likeness (QED) is 0.713. The number of carbonyl (C=O) groups excluding carboxylic acids is 1. The number of carboxylic acid groups (broad SMARTS) is 1. The maximum absolute atomic E-state index is 13.0. The smallest absolute Gasteiger partial charge is 0.243 e. The lowest BCUT2D eigenvalue weighted by molar-refractivity contribution is -0.255. The summed E-state index contributed by atoms with van der Waals surface area (Å²) in [7, 11) is -3.55. The minimum absolute atomic E-state index is 0.0571. The molecule has 0 spiro atoms. The van der Waals surface area contributed by atoms with Crippen LogP contribution in [0.15, 0.2) is 53.4 Å². The second-order valence-electron chi connectivity index (χ2n) is 8.55. The van der Waals surface area contributed by atoms with Crippen LogP contribution in [0.4, 0.5) is 5.69 Å². The lowest BCUT2D eigenvalue weighted by Gasteiger charge is -2.39. The molecule has 2 aromatic carbocycles. The summed E-state index contributed by atoms with van der Waals surface area (Å²) in [6.07, 6.45) is 5.25. The van der Waals surface area contributed by atoms with Crippen LogP contribution in [0, 0.1) is 12.8 Å². The van der Waals surface area contributed by atoms with Gasteiger partial charge in [-0.1, -0.05) is 36.4 Å². The van der Waals surface area contributed by atoms with E-state index in [0.717, 1.165) is 23.2 Å². The van der Waals surface area contributed by atoms with Gasteiger partial charge in [0.2, 0.25) is 10.0 Å². The number of sulfonamides is 1. The molecule has 2 heterocycles. The summed E-state index contributed by atoms with van der Waals surface area (Å²) in [5, 5.41) is 15.1. The molecule has 1 saturated heterocycles. The Kier molecular flexibility index (Phi) is 5.31. The first-order valence-corrected chi connectivity index (χ1v) is 12.3. The number of aromatic carboxylic acids is 1. The number of fused-ring (bicyclic) bond motifs is 3. The molecule has 0 radical (unpaired) electrons. The third-order valence-corrected chi connectivity index (χ3v) is 8.78. The first-order chi connectivity index (χ1) is 15.4. The van der Waals surface area contributed by atoms with Crippen LogP contribution in [-0.4, -0.2) is 45.0 Å². The summed E-state index contributed by atoms with van der Waals surface area (Å²) < 4.78 is 32.6. The Labute approximate surface area is 187 Å². The first-order valence-electron chi connectivity index (χ1n) is 10.8. The molecule has 3 atom stereocenters. The Morgan fingerprint density at radius 1 is 1.12 bits per heavy atom. The van der Waals surface area contributed by atoms with Crippen LogP contribution in [-0.2, 0) is 14.8 Å². The van der Waals surface area contributed by atoms with E-state index in [1.807, 2.05) is 18.2 Å². The number of benzene rings is 2. The number of ether oxygens (including phenoxy) is 1. The SMILES string of the molecule is Cc1c(C(=O)[O-])ccc2c1N[C@H](c1ccc(S(=O)(=O)N3CCOCC3)cc1)[C@H]1CC=C[C@H]21. The van der Waals surface area contributed by atoms with Crippen LogP contribution in [0.2, 0.25) is 0 Å². The average Bonchev–Trinajstić information content (AvgIpc) is 3.30. The molecule has 1 N–H and O–H groups in total. The molecule has 2 aromatic rings. The Morgan fingerprint density at radius 2 is 1.84 bits per heavy atom. The summed E-state index contributed by atoms with van der Waals surface area (Å²) in [4.78, 5) is 11.8. The van der Waals surface area contributed by atoms with Gasteiger partial charge in [-0.2, -0.15) is 4.31 Å². The fraction of sp³-hybridized carbons (Fsp3) is 0.375. The molecule has 0 bridgehead atoms. The summed E-state index contributed by atoms with van der Waals surface area (Å²) in [6.45, 7) is 3.34. The zero-order valence-electron chi connectivity index (χ0n) is 17.8. The predicted molar refractivity (Wildman–Crippen MR) is 118 cm³/mol. The second-order valence-corrected chi connectivity index (χ2v) is 10.5. The number of morpholine rings is 1. The molecule has 0 aromatic heterocycles. The van der Waals surface area contributed by atoms with E-state index in [2.05, 4.69) is 17.5 Å². The van der Waals surface area contributed by atoms with E-state index in [4.69, 9.17) is 4.74 Å². The molecule has 1 aliphatic carbocycles. The normalized spacial score (nSPS) is 25.1. The van der Waals surface area contributed by atoms with E-state index < -0.39 is 16.0 Å². The Hall–Kier alpha value is -2.68. The highest BCUT2D eigenvalue weighted by molar-refractivity contribution is 7.89. The zero-order chi connectivity index (χ0) is 22.5. The lowest BCUT2D eigenvalue weighted by atomic mass is 9.76. The highest BCUT2D eigenvalue weighted by Crippen LogP contribution is 2.51. The number of carbonyl (C=O) groups is 1. The van der Waals surface area contributed by atoms with Crippen molar-refractivity contribution in [3.8, 4) is 0 Å². The number of anilines is 1. The molecular weight excluding hydrogens is 428 g/mol. The fourth-order valence-electron chi connectivity index (χ4n) is 5.15. The van der Waals surface area contributed by atoms with Crippen LogP contribution in [0.3, 0.4) is 0 Å². The number of hydrogen-bond donors (Lipinski definition) is 1. The number of allylic oxidation sites excluding steroid dienone is 2. The van der Waals surface area contributed by atoms with Gasteiger partial charge >= 0.3 is 0 Å². The summed E-state index contributed by atoms with van der Waals surface area (Å²) in [6, 6.07) is 10.5. The molecule has 168 valence electrons. The Bertz CT molecular complexity index is 1180. The summed E-state index contributed by atoms with van der Waals surface area (Å²) >= 11 is 0. The summed E-state index contributed by atoms with van der Waals surface area (Å²) in [5.74, 6) is -0.731.